The molecular weight excluding hydrogens is 277 g/mol. The summed E-state index contributed by atoms with van der Waals surface area (Å²) in [5.74, 6) is 0. The van der Waals surface area contributed by atoms with Crippen LogP contribution in [0.15, 0.2) is 36.4 Å². The van der Waals surface area contributed by atoms with E-state index >= 15 is 0 Å². The molecule has 0 saturated carbocycles. The summed E-state index contributed by atoms with van der Waals surface area (Å²) in [5.41, 5.74) is 2.29. The zero-order chi connectivity index (χ0) is 15.6. The van der Waals surface area contributed by atoms with Gasteiger partial charge in [0.25, 0.3) is 0 Å². The van der Waals surface area contributed by atoms with E-state index < -0.39 is 11.7 Å². The third-order valence-corrected chi connectivity index (χ3v) is 2.97. The molecule has 0 saturated heterocycles. The number of rotatable bonds is 2. The average molecular weight is 290 g/mol. The van der Waals surface area contributed by atoms with Gasteiger partial charge in [-0.25, -0.2) is 0 Å². The lowest BCUT2D eigenvalue weighted by Crippen LogP contribution is -2.06. The van der Waals surface area contributed by atoms with Gasteiger partial charge in [-0.15, -0.1) is 0 Å². The molecule has 0 bridgehead atoms. The molecule has 2 aromatic carbocycles. The maximum atomic E-state index is 12.6. The smallest absolute Gasteiger partial charge is 0.354 e. The molecule has 2 nitrogen and oxygen atoms in total. The number of alkyl halides is 3. The van der Waals surface area contributed by atoms with E-state index in [9.17, 15) is 13.2 Å². The minimum atomic E-state index is -4.45. The van der Waals surface area contributed by atoms with E-state index in [1.807, 2.05) is 32.0 Å². The Morgan fingerprint density at radius 1 is 1.00 bits per heavy atom. The van der Waals surface area contributed by atoms with Gasteiger partial charge in [-0.05, 0) is 55.3 Å². The SMILES string of the molecule is Cc1cc(C)cc(Nc2ccc(C(F)(F)F)cc2C#N)c1. The Balaban J connectivity index is 2.39. The summed E-state index contributed by atoms with van der Waals surface area (Å²) >= 11 is 0. The summed E-state index contributed by atoms with van der Waals surface area (Å²) in [6.45, 7) is 3.85. The van der Waals surface area contributed by atoms with Gasteiger partial charge >= 0.3 is 6.18 Å². The van der Waals surface area contributed by atoms with Crippen LogP contribution in [0.1, 0.15) is 22.3 Å². The van der Waals surface area contributed by atoms with E-state index in [1.54, 1.807) is 6.07 Å². The van der Waals surface area contributed by atoms with Crippen molar-refractivity contribution in [2.45, 2.75) is 20.0 Å². The van der Waals surface area contributed by atoms with Gasteiger partial charge in [0.1, 0.15) is 6.07 Å². The lowest BCUT2D eigenvalue weighted by molar-refractivity contribution is -0.137. The van der Waals surface area contributed by atoms with Crippen LogP contribution in [-0.2, 0) is 6.18 Å². The summed E-state index contributed by atoms with van der Waals surface area (Å²) in [6, 6.07) is 10.6. The molecule has 108 valence electrons. The number of anilines is 2. The van der Waals surface area contributed by atoms with Crippen LogP contribution in [0.4, 0.5) is 24.5 Å². The first-order chi connectivity index (χ1) is 9.79. The fourth-order valence-electron chi connectivity index (χ4n) is 2.12. The number of benzene rings is 2. The monoisotopic (exact) mass is 290 g/mol. The summed E-state index contributed by atoms with van der Waals surface area (Å²) in [4.78, 5) is 0. The molecule has 0 aliphatic rings. The van der Waals surface area contributed by atoms with Gasteiger partial charge in [-0.3, -0.25) is 0 Å². The number of nitriles is 1. The van der Waals surface area contributed by atoms with Crippen molar-refractivity contribution < 1.29 is 13.2 Å². The minimum absolute atomic E-state index is 0.0380. The average Bonchev–Trinajstić information content (AvgIpc) is 2.36. The zero-order valence-electron chi connectivity index (χ0n) is 11.5. The number of aryl methyl sites for hydroxylation is 2. The normalized spacial score (nSPS) is 11.0. The van der Waals surface area contributed by atoms with E-state index in [4.69, 9.17) is 5.26 Å². The Kier molecular flexibility index (Phi) is 3.90. The van der Waals surface area contributed by atoms with Gasteiger partial charge in [-0.1, -0.05) is 6.07 Å². The Bertz CT molecular complexity index is 692. The van der Waals surface area contributed by atoms with Crippen LogP contribution in [0.5, 0.6) is 0 Å². The molecule has 0 unspecified atom stereocenters. The molecule has 0 aliphatic carbocycles. The van der Waals surface area contributed by atoms with Crippen LogP contribution in [0.25, 0.3) is 0 Å². The second-order valence-electron chi connectivity index (χ2n) is 4.87. The van der Waals surface area contributed by atoms with Crippen LogP contribution in [-0.4, -0.2) is 0 Å². The predicted molar refractivity (Wildman–Crippen MR) is 75.4 cm³/mol. The first-order valence-corrected chi connectivity index (χ1v) is 6.26. The fourth-order valence-corrected chi connectivity index (χ4v) is 2.12. The lowest BCUT2D eigenvalue weighted by atomic mass is 10.1. The molecule has 0 atom stereocenters. The minimum Gasteiger partial charge on any atom is -0.354 e. The van der Waals surface area contributed by atoms with Crippen molar-refractivity contribution >= 4 is 11.4 Å². The Morgan fingerprint density at radius 3 is 2.14 bits per heavy atom. The highest BCUT2D eigenvalue weighted by atomic mass is 19.4. The maximum absolute atomic E-state index is 12.6. The summed E-state index contributed by atoms with van der Waals surface area (Å²) in [7, 11) is 0. The van der Waals surface area contributed by atoms with Crippen molar-refractivity contribution in [1.82, 2.24) is 0 Å². The Hall–Kier alpha value is -2.48. The Labute approximate surface area is 120 Å². The number of nitrogens with one attached hydrogen (secondary N) is 1. The first kappa shape index (κ1) is 14.9. The maximum Gasteiger partial charge on any atom is 0.416 e. The van der Waals surface area contributed by atoms with Crippen molar-refractivity contribution in [3.63, 3.8) is 0 Å². The van der Waals surface area contributed by atoms with Crippen molar-refractivity contribution in [3.05, 3.63) is 58.7 Å². The molecule has 0 amide bonds. The van der Waals surface area contributed by atoms with Crippen LogP contribution in [0.3, 0.4) is 0 Å². The quantitative estimate of drug-likeness (QED) is 0.850. The van der Waals surface area contributed by atoms with Crippen molar-refractivity contribution in [1.29, 1.82) is 5.26 Å². The molecule has 0 radical (unpaired) electrons. The van der Waals surface area contributed by atoms with E-state index in [0.717, 1.165) is 28.9 Å². The third kappa shape index (κ3) is 3.54. The molecule has 0 aliphatic heterocycles. The molecule has 1 N–H and O–H groups in total. The summed E-state index contributed by atoms with van der Waals surface area (Å²) < 4.78 is 37.9. The summed E-state index contributed by atoms with van der Waals surface area (Å²) in [6.07, 6.45) is -4.45. The van der Waals surface area contributed by atoms with Gasteiger partial charge in [0, 0.05) is 5.69 Å². The highest BCUT2D eigenvalue weighted by Gasteiger charge is 2.31. The second-order valence-corrected chi connectivity index (χ2v) is 4.87. The van der Waals surface area contributed by atoms with Gasteiger partial charge in [0.05, 0.1) is 16.8 Å². The van der Waals surface area contributed by atoms with Crippen LogP contribution < -0.4 is 5.32 Å². The van der Waals surface area contributed by atoms with Crippen LogP contribution >= 0.6 is 0 Å². The van der Waals surface area contributed by atoms with E-state index in [0.29, 0.717) is 5.69 Å². The predicted octanol–water partition coefficient (Wildman–Crippen LogP) is 4.94. The highest BCUT2D eigenvalue weighted by molar-refractivity contribution is 5.68. The van der Waals surface area contributed by atoms with Crippen LogP contribution in [0.2, 0.25) is 0 Å². The van der Waals surface area contributed by atoms with Gasteiger partial charge in [0.2, 0.25) is 0 Å². The van der Waals surface area contributed by atoms with Crippen molar-refractivity contribution in [3.8, 4) is 6.07 Å². The molecule has 0 fully saturated rings. The van der Waals surface area contributed by atoms with Crippen molar-refractivity contribution in [2.75, 3.05) is 5.32 Å². The van der Waals surface area contributed by atoms with E-state index in [1.165, 1.54) is 6.07 Å². The number of hydrogen-bond donors (Lipinski definition) is 1. The topological polar surface area (TPSA) is 35.8 Å². The molecular formula is C16H13F3N2. The van der Waals surface area contributed by atoms with Crippen molar-refractivity contribution in [2.24, 2.45) is 0 Å². The molecule has 21 heavy (non-hydrogen) atoms. The fraction of sp³-hybridized carbons (Fsp3) is 0.188. The largest absolute Gasteiger partial charge is 0.416 e. The van der Waals surface area contributed by atoms with Crippen LogP contribution in [0, 0.1) is 25.2 Å². The third-order valence-electron chi connectivity index (χ3n) is 2.97. The first-order valence-electron chi connectivity index (χ1n) is 6.26. The van der Waals surface area contributed by atoms with Gasteiger partial charge < -0.3 is 5.32 Å². The Morgan fingerprint density at radius 2 is 1.62 bits per heavy atom. The summed E-state index contributed by atoms with van der Waals surface area (Å²) in [5, 5.41) is 12.0. The second kappa shape index (κ2) is 5.49. The van der Waals surface area contributed by atoms with E-state index in [-0.39, 0.29) is 5.56 Å². The lowest BCUT2D eigenvalue weighted by Gasteiger charge is -2.12. The molecule has 0 aromatic heterocycles. The molecule has 0 spiro atoms. The number of hydrogen-bond acceptors (Lipinski definition) is 2. The number of nitrogens with zero attached hydrogens (tertiary/aromatic N) is 1. The molecule has 2 rings (SSSR count). The molecule has 2 aromatic rings. The standard InChI is InChI=1S/C16H13F3N2/c1-10-5-11(2)7-14(6-10)21-15-4-3-13(16(17,18)19)8-12(15)9-20/h3-8,21H,1-2H3. The molecule has 5 heteroatoms. The van der Waals surface area contributed by atoms with E-state index in [2.05, 4.69) is 5.32 Å². The molecule has 0 heterocycles. The highest BCUT2D eigenvalue weighted by Crippen LogP contribution is 2.32. The van der Waals surface area contributed by atoms with Gasteiger partial charge in [-0.2, -0.15) is 18.4 Å². The van der Waals surface area contributed by atoms with Gasteiger partial charge in [0.15, 0.2) is 0 Å². The zero-order valence-corrected chi connectivity index (χ0v) is 11.5. The number of halogens is 3.